The lowest BCUT2D eigenvalue weighted by molar-refractivity contribution is -0.384. The fraction of sp³-hybridized carbons (Fsp3) is 0.211. The van der Waals surface area contributed by atoms with Crippen LogP contribution < -0.4 is 15.4 Å². The van der Waals surface area contributed by atoms with Crippen molar-refractivity contribution >= 4 is 35.1 Å². The first kappa shape index (κ1) is 21.4. The minimum absolute atomic E-state index is 0.121. The molecule has 0 saturated carbocycles. The zero-order valence-corrected chi connectivity index (χ0v) is 15.9. The molecule has 0 aliphatic carbocycles. The molecule has 10 heteroatoms. The highest BCUT2D eigenvalue weighted by molar-refractivity contribution is 6.31. The van der Waals surface area contributed by atoms with Crippen LogP contribution in [0.5, 0.6) is 5.75 Å². The maximum atomic E-state index is 11.9. The summed E-state index contributed by atoms with van der Waals surface area (Å²) in [5, 5.41) is 19.3. The van der Waals surface area contributed by atoms with Gasteiger partial charge in [0.25, 0.3) is 17.5 Å². The van der Waals surface area contributed by atoms with Gasteiger partial charge in [-0.25, -0.2) is 0 Å². The molecule has 0 aromatic heterocycles. The summed E-state index contributed by atoms with van der Waals surface area (Å²) in [7, 11) is 1.32. The third-order valence-electron chi connectivity index (χ3n) is 3.74. The molecule has 0 aliphatic heterocycles. The van der Waals surface area contributed by atoms with E-state index in [-0.39, 0.29) is 23.7 Å². The van der Waals surface area contributed by atoms with Gasteiger partial charge < -0.3 is 20.2 Å². The van der Waals surface area contributed by atoms with Crippen molar-refractivity contribution < 1.29 is 24.1 Å². The molecule has 0 bridgehead atoms. The summed E-state index contributed by atoms with van der Waals surface area (Å²) < 4.78 is 5.02. The SMILES string of the molecule is CCc1ccc(NC(=O)CO/N=C\C(=O)Nc2ccc([N+](=O)[O-])cc2OC)cc1. The molecule has 0 atom stereocenters. The smallest absolute Gasteiger partial charge is 0.273 e. The Kier molecular flexibility index (Phi) is 7.66. The predicted molar refractivity (Wildman–Crippen MR) is 107 cm³/mol. The molecule has 0 aliphatic rings. The molecule has 29 heavy (non-hydrogen) atoms. The fourth-order valence-electron chi connectivity index (χ4n) is 2.26. The van der Waals surface area contributed by atoms with Crippen LogP contribution >= 0.6 is 0 Å². The van der Waals surface area contributed by atoms with Gasteiger partial charge in [-0.1, -0.05) is 24.2 Å². The number of amides is 2. The highest BCUT2D eigenvalue weighted by Crippen LogP contribution is 2.28. The zero-order valence-electron chi connectivity index (χ0n) is 15.9. The van der Waals surface area contributed by atoms with Crippen molar-refractivity contribution in [1.29, 1.82) is 0 Å². The number of nitrogens with zero attached hydrogens (tertiary/aromatic N) is 2. The van der Waals surface area contributed by atoms with Crippen molar-refractivity contribution in [3.05, 3.63) is 58.1 Å². The van der Waals surface area contributed by atoms with E-state index in [1.165, 1.54) is 25.3 Å². The molecule has 2 aromatic carbocycles. The summed E-state index contributed by atoms with van der Waals surface area (Å²) in [5.74, 6) is -0.966. The van der Waals surface area contributed by atoms with Crippen molar-refractivity contribution in [3.8, 4) is 5.75 Å². The number of nitro groups is 1. The number of nitro benzene ring substituents is 1. The highest BCUT2D eigenvalue weighted by atomic mass is 16.6. The van der Waals surface area contributed by atoms with E-state index in [9.17, 15) is 19.7 Å². The minimum atomic E-state index is -0.660. The Morgan fingerprint density at radius 3 is 2.52 bits per heavy atom. The Labute approximate surface area is 166 Å². The molecule has 0 heterocycles. The largest absolute Gasteiger partial charge is 0.494 e. The molecule has 2 N–H and O–H groups in total. The van der Waals surface area contributed by atoms with Crippen LogP contribution in [0, 0.1) is 10.1 Å². The Morgan fingerprint density at radius 1 is 1.17 bits per heavy atom. The monoisotopic (exact) mass is 400 g/mol. The number of carbonyl (C=O) groups excluding carboxylic acids is 2. The molecular weight excluding hydrogens is 380 g/mol. The zero-order chi connectivity index (χ0) is 21.2. The van der Waals surface area contributed by atoms with Gasteiger partial charge in [0.1, 0.15) is 12.0 Å². The van der Waals surface area contributed by atoms with Gasteiger partial charge in [-0.3, -0.25) is 19.7 Å². The minimum Gasteiger partial charge on any atom is -0.494 e. The van der Waals surface area contributed by atoms with Crippen LogP contribution in [0.25, 0.3) is 0 Å². The van der Waals surface area contributed by atoms with Gasteiger partial charge in [0.05, 0.1) is 23.8 Å². The summed E-state index contributed by atoms with van der Waals surface area (Å²) in [4.78, 5) is 38.7. The number of hydrogen-bond acceptors (Lipinski definition) is 7. The number of methoxy groups -OCH3 is 1. The molecule has 2 rings (SSSR count). The topological polar surface area (TPSA) is 132 Å². The number of carbonyl (C=O) groups is 2. The second-order valence-electron chi connectivity index (χ2n) is 5.74. The third kappa shape index (κ3) is 6.61. The number of aryl methyl sites for hydroxylation is 1. The molecule has 0 fully saturated rings. The second kappa shape index (κ2) is 10.4. The van der Waals surface area contributed by atoms with Crippen LogP contribution in [0.3, 0.4) is 0 Å². The molecular formula is C19H20N4O6. The summed E-state index contributed by atoms with van der Waals surface area (Å²) in [6, 6.07) is 11.1. The number of anilines is 2. The average molecular weight is 400 g/mol. The van der Waals surface area contributed by atoms with Crippen molar-refractivity contribution in [3.63, 3.8) is 0 Å². The van der Waals surface area contributed by atoms with Gasteiger partial charge >= 0.3 is 0 Å². The van der Waals surface area contributed by atoms with Crippen LogP contribution in [0.1, 0.15) is 12.5 Å². The van der Waals surface area contributed by atoms with E-state index in [2.05, 4.69) is 15.8 Å². The van der Waals surface area contributed by atoms with Crippen molar-refractivity contribution in [2.75, 3.05) is 24.4 Å². The lowest BCUT2D eigenvalue weighted by Crippen LogP contribution is -2.18. The number of rotatable bonds is 9. The summed E-state index contributed by atoms with van der Waals surface area (Å²) >= 11 is 0. The van der Waals surface area contributed by atoms with Crippen LogP contribution in [-0.2, 0) is 20.8 Å². The van der Waals surface area contributed by atoms with Gasteiger partial charge in [0, 0.05) is 11.8 Å². The highest BCUT2D eigenvalue weighted by Gasteiger charge is 2.12. The van der Waals surface area contributed by atoms with Crippen molar-refractivity contribution in [2.45, 2.75) is 13.3 Å². The number of oxime groups is 1. The Balaban J connectivity index is 1.81. The molecule has 152 valence electrons. The van der Waals surface area contributed by atoms with E-state index >= 15 is 0 Å². The molecule has 0 saturated heterocycles. The van der Waals surface area contributed by atoms with E-state index < -0.39 is 16.7 Å². The lowest BCUT2D eigenvalue weighted by atomic mass is 10.1. The standard InChI is InChI=1S/C19H20N4O6/c1-3-13-4-6-14(7-5-13)21-19(25)12-29-20-11-18(24)22-16-9-8-15(23(26)27)10-17(16)28-2/h4-11H,3,12H2,1-2H3,(H,21,25)(H,22,24)/b20-11-. The number of nitrogens with one attached hydrogen (secondary N) is 2. The normalized spacial score (nSPS) is 10.4. The van der Waals surface area contributed by atoms with Gasteiger partial charge in [-0.2, -0.15) is 0 Å². The summed E-state index contributed by atoms with van der Waals surface area (Å²) in [6.07, 6.45) is 1.74. The number of benzene rings is 2. The number of hydrogen-bond donors (Lipinski definition) is 2. The first-order valence-electron chi connectivity index (χ1n) is 8.60. The van der Waals surface area contributed by atoms with E-state index in [0.717, 1.165) is 18.2 Å². The van der Waals surface area contributed by atoms with Gasteiger partial charge in [-0.05, 0) is 30.2 Å². The van der Waals surface area contributed by atoms with Crippen LogP contribution in [-0.4, -0.2) is 36.7 Å². The number of non-ortho nitro benzene ring substituents is 1. The quantitative estimate of drug-likeness (QED) is 0.378. The predicted octanol–water partition coefficient (Wildman–Crippen LogP) is 2.75. The van der Waals surface area contributed by atoms with Crippen LogP contribution in [0.15, 0.2) is 47.6 Å². The second-order valence-corrected chi connectivity index (χ2v) is 5.74. The van der Waals surface area contributed by atoms with Gasteiger partial charge in [0.2, 0.25) is 0 Å². The maximum Gasteiger partial charge on any atom is 0.273 e. The van der Waals surface area contributed by atoms with E-state index in [1.807, 2.05) is 19.1 Å². The average Bonchev–Trinajstić information content (AvgIpc) is 2.72. The summed E-state index contributed by atoms with van der Waals surface area (Å²) in [6.45, 7) is 1.66. The Bertz CT molecular complexity index is 911. The van der Waals surface area contributed by atoms with Gasteiger partial charge in [0.15, 0.2) is 6.61 Å². The van der Waals surface area contributed by atoms with Crippen LogP contribution in [0.4, 0.5) is 17.1 Å². The van der Waals surface area contributed by atoms with E-state index in [0.29, 0.717) is 5.69 Å². The third-order valence-corrected chi connectivity index (χ3v) is 3.74. The van der Waals surface area contributed by atoms with Crippen molar-refractivity contribution in [2.24, 2.45) is 5.16 Å². The first-order valence-corrected chi connectivity index (χ1v) is 8.60. The molecule has 10 nitrogen and oxygen atoms in total. The molecule has 0 radical (unpaired) electrons. The molecule has 2 aromatic rings. The first-order chi connectivity index (χ1) is 13.9. The fourth-order valence-corrected chi connectivity index (χ4v) is 2.26. The maximum absolute atomic E-state index is 11.9. The molecule has 2 amide bonds. The summed E-state index contributed by atoms with van der Waals surface area (Å²) in [5.41, 5.74) is 1.83. The van der Waals surface area contributed by atoms with Crippen LogP contribution in [0.2, 0.25) is 0 Å². The van der Waals surface area contributed by atoms with E-state index in [4.69, 9.17) is 9.57 Å². The van der Waals surface area contributed by atoms with E-state index in [1.54, 1.807) is 12.1 Å². The molecule has 0 spiro atoms. The Hall–Kier alpha value is -3.95. The van der Waals surface area contributed by atoms with Crippen molar-refractivity contribution in [1.82, 2.24) is 0 Å². The molecule has 0 unspecified atom stereocenters. The van der Waals surface area contributed by atoms with Gasteiger partial charge in [-0.15, -0.1) is 0 Å². The number of ether oxygens (including phenoxy) is 1. The lowest BCUT2D eigenvalue weighted by Gasteiger charge is -2.08. The Morgan fingerprint density at radius 2 is 1.90 bits per heavy atom.